The number of hydrogen-bond donors (Lipinski definition) is 1. The van der Waals surface area contributed by atoms with Crippen LogP contribution < -0.4 is 0 Å². The van der Waals surface area contributed by atoms with Crippen LogP contribution in [-0.2, 0) is 20.1 Å². The van der Waals surface area contributed by atoms with Gasteiger partial charge in [0.1, 0.15) is 5.69 Å². The fourth-order valence-corrected chi connectivity index (χ4v) is 2.36. The molecule has 1 radical (unpaired) electrons. The van der Waals surface area contributed by atoms with Crippen LogP contribution in [0.3, 0.4) is 0 Å². The maximum absolute atomic E-state index is 10.1. The Morgan fingerprint density at radius 2 is 1.25 bits per heavy atom. The predicted octanol–water partition coefficient (Wildman–Crippen LogP) is 4.12. The minimum atomic E-state index is -0.990. The van der Waals surface area contributed by atoms with E-state index in [-0.39, 0.29) is 25.8 Å². The van der Waals surface area contributed by atoms with Gasteiger partial charge in [-0.1, -0.05) is 6.07 Å². The Balaban J connectivity index is 0.000000169. The Bertz CT molecular complexity index is 1070. The standard InChI is InChI=1S/2C9H7N2.C6H5NO2.Ir/c2*1-2-5-9(6-3-1)11-8-4-7-10-11;8-6(9)5-3-1-2-4-7-5;/h2*1-5,7-8H;1-4H,(H,8,9);/q2*-1;;. The maximum Gasteiger partial charge on any atom is 0.354 e. The first-order valence-corrected chi connectivity index (χ1v) is 9.32. The number of nitrogens with zero attached hydrogens (tertiary/aromatic N) is 5. The Hall–Kier alpha value is -3.87. The van der Waals surface area contributed by atoms with Crippen LogP contribution in [0.1, 0.15) is 10.5 Å². The van der Waals surface area contributed by atoms with Crippen molar-refractivity contribution in [1.82, 2.24) is 24.5 Å². The van der Waals surface area contributed by atoms with Crippen LogP contribution in [0, 0.1) is 12.1 Å². The first kappa shape index (κ1) is 24.4. The summed E-state index contributed by atoms with van der Waals surface area (Å²) in [5.41, 5.74) is 2.02. The molecule has 3 heterocycles. The molecule has 7 nitrogen and oxygen atoms in total. The third kappa shape index (κ3) is 7.75. The molecule has 0 bridgehead atoms. The Morgan fingerprint density at radius 3 is 1.56 bits per heavy atom. The van der Waals surface area contributed by atoms with Gasteiger partial charge in [-0.25, -0.2) is 9.78 Å². The molecule has 0 unspecified atom stereocenters. The maximum atomic E-state index is 10.1. The molecule has 0 amide bonds. The van der Waals surface area contributed by atoms with Gasteiger partial charge in [0.15, 0.2) is 0 Å². The van der Waals surface area contributed by atoms with Crippen LogP contribution in [-0.4, -0.2) is 35.6 Å². The zero-order valence-corrected chi connectivity index (χ0v) is 19.2. The van der Waals surface area contributed by atoms with Crippen LogP contribution in [0.2, 0.25) is 0 Å². The SMILES string of the molecule is O=C(O)c1ccccn1.[Ir].[c-]1ccccc1-n1cccn1.[c-]1ccccc1-n1cccn1. The van der Waals surface area contributed by atoms with E-state index in [2.05, 4.69) is 27.3 Å². The van der Waals surface area contributed by atoms with Crippen LogP contribution in [0.15, 0.2) is 110 Å². The minimum Gasteiger partial charge on any atom is -0.477 e. The molecule has 0 saturated heterocycles. The molecule has 32 heavy (non-hydrogen) atoms. The summed E-state index contributed by atoms with van der Waals surface area (Å²) in [6.07, 6.45) is 8.74. The van der Waals surface area contributed by atoms with Crippen molar-refractivity contribution in [2.45, 2.75) is 0 Å². The van der Waals surface area contributed by atoms with E-state index in [1.54, 1.807) is 33.9 Å². The van der Waals surface area contributed by atoms with Gasteiger partial charge in [-0.3, -0.25) is 9.36 Å². The smallest absolute Gasteiger partial charge is 0.354 e. The van der Waals surface area contributed by atoms with Crippen molar-refractivity contribution in [3.63, 3.8) is 0 Å². The van der Waals surface area contributed by atoms with Gasteiger partial charge in [0.05, 0.1) is 0 Å². The number of carboxylic acid groups (broad SMARTS) is 1. The van der Waals surface area contributed by atoms with Crippen molar-refractivity contribution in [1.29, 1.82) is 0 Å². The van der Waals surface area contributed by atoms with Crippen LogP contribution in [0.5, 0.6) is 0 Å². The van der Waals surface area contributed by atoms with E-state index in [1.807, 2.05) is 73.1 Å². The second-order valence-electron chi connectivity index (χ2n) is 5.92. The molecule has 0 aliphatic heterocycles. The van der Waals surface area contributed by atoms with Crippen molar-refractivity contribution in [2.75, 3.05) is 0 Å². The molecular weight excluding hydrogens is 583 g/mol. The summed E-state index contributed by atoms with van der Waals surface area (Å²) >= 11 is 0. The van der Waals surface area contributed by atoms with Gasteiger partial charge in [-0.05, 0) is 35.6 Å². The number of para-hydroxylation sites is 2. The topological polar surface area (TPSA) is 85.8 Å². The minimum absolute atomic E-state index is 0. The van der Waals surface area contributed by atoms with E-state index in [0.29, 0.717) is 0 Å². The first-order valence-electron chi connectivity index (χ1n) is 9.32. The molecule has 0 saturated carbocycles. The van der Waals surface area contributed by atoms with Crippen LogP contribution in [0.4, 0.5) is 0 Å². The molecule has 0 aliphatic carbocycles. The van der Waals surface area contributed by atoms with Gasteiger partial charge in [0.25, 0.3) is 0 Å². The number of carbonyl (C=O) groups is 1. The molecule has 3 aromatic heterocycles. The second kappa shape index (κ2) is 13.4. The van der Waals surface area contributed by atoms with E-state index in [4.69, 9.17) is 5.11 Å². The predicted molar refractivity (Wildman–Crippen MR) is 116 cm³/mol. The monoisotopic (exact) mass is 602 g/mol. The third-order valence-corrected chi connectivity index (χ3v) is 3.77. The van der Waals surface area contributed by atoms with Crippen LogP contribution >= 0.6 is 0 Å². The van der Waals surface area contributed by atoms with Gasteiger partial charge in [0, 0.05) is 51.1 Å². The van der Waals surface area contributed by atoms with E-state index >= 15 is 0 Å². The zero-order chi connectivity index (χ0) is 21.7. The van der Waals surface area contributed by atoms with Crippen LogP contribution in [0.25, 0.3) is 11.4 Å². The molecule has 2 aromatic carbocycles. The Labute approximate surface area is 199 Å². The number of rotatable bonds is 3. The molecule has 0 fully saturated rings. The number of hydrogen-bond acceptors (Lipinski definition) is 4. The summed E-state index contributed by atoms with van der Waals surface area (Å²) in [5, 5.41) is 16.5. The fourth-order valence-electron chi connectivity index (χ4n) is 2.36. The van der Waals surface area contributed by atoms with Crippen molar-refractivity contribution in [2.24, 2.45) is 0 Å². The Morgan fingerprint density at radius 1 is 0.719 bits per heavy atom. The number of pyridine rings is 1. The van der Waals surface area contributed by atoms with Crippen molar-refractivity contribution in [3.05, 3.63) is 128 Å². The molecular formula is C24H19IrN5O2-2. The summed E-state index contributed by atoms with van der Waals surface area (Å²) in [5.74, 6) is -0.990. The average molecular weight is 602 g/mol. The van der Waals surface area contributed by atoms with E-state index in [0.717, 1.165) is 11.4 Å². The number of aromatic nitrogens is 5. The first-order chi connectivity index (χ1) is 15.2. The second-order valence-corrected chi connectivity index (χ2v) is 5.92. The molecule has 0 spiro atoms. The largest absolute Gasteiger partial charge is 0.477 e. The number of carboxylic acids is 1. The molecule has 5 rings (SSSR count). The molecule has 163 valence electrons. The van der Waals surface area contributed by atoms with Crippen molar-refractivity contribution in [3.8, 4) is 11.4 Å². The van der Waals surface area contributed by atoms with Gasteiger partial charge in [0.2, 0.25) is 0 Å². The third-order valence-electron chi connectivity index (χ3n) is 3.77. The van der Waals surface area contributed by atoms with Gasteiger partial charge >= 0.3 is 5.97 Å². The molecule has 1 N–H and O–H groups in total. The average Bonchev–Trinajstić information content (AvgIpc) is 3.57. The number of benzene rings is 2. The Kier molecular flexibility index (Phi) is 10.2. The van der Waals surface area contributed by atoms with Crippen molar-refractivity contribution < 1.29 is 30.0 Å². The molecule has 8 heteroatoms. The van der Waals surface area contributed by atoms with E-state index in [1.165, 1.54) is 12.3 Å². The summed E-state index contributed by atoms with van der Waals surface area (Å²) in [7, 11) is 0. The fraction of sp³-hybridized carbons (Fsp3) is 0. The van der Waals surface area contributed by atoms with Gasteiger partial charge in [-0.15, -0.1) is 12.1 Å². The molecule has 0 aliphatic rings. The summed E-state index contributed by atoms with van der Waals surface area (Å²) < 4.78 is 3.56. The normalized spacial score (nSPS) is 9.25. The zero-order valence-electron chi connectivity index (χ0n) is 16.8. The van der Waals surface area contributed by atoms with Gasteiger partial charge < -0.3 is 5.11 Å². The summed E-state index contributed by atoms with van der Waals surface area (Å²) in [6.45, 7) is 0. The number of aromatic carboxylic acids is 1. The summed E-state index contributed by atoms with van der Waals surface area (Å²) in [4.78, 5) is 13.7. The van der Waals surface area contributed by atoms with Gasteiger partial charge in [-0.2, -0.15) is 58.7 Å². The quantitative estimate of drug-likeness (QED) is 0.315. The summed E-state index contributed by atoms with van der Waals surface area (Å²) in [6, 6.07) is 30.2. The van der Waals surface area contributed by atoms with E-state index in [9.17, 15) is 4.79 Å². The van der Waals surface area contributed by atoms with E-state index < -0.39 is 5.97 Å². The van der Waals surface area contributed by atoms with Crippen molar-refractivity contribution >= 4 is 5.97 Å². The molecule has 0 atom stereocenters. The molecule has 5 aromatic rings.